The van der Waals surface area contributed by atoms with Crippen molar-refractivity contribution in [2.75, 3.05) is 19.6 Å². The van der Waals surface area contributed by atoms with Gasteiger partial charge in [0.25, 0.3) is 0 Å². The average Bonchev–Trinajstić information content (AvgIpc) is 2.38. The van der Waals surface area contributed by atoms with E-state index in [2.05, 4.69) is 71.2 Å². The van der Waals surface area contributed by atoms with Crippen molar-refractivity contribution in [3.63, 3.8) is 0 Å². The number of nitrogens with zero attached hydrogens (tertiary/aromatic N) is 1. The minimum absolute atomic E-state index is 0.492. The summed E-state index contributed by atoms with van der Waals surface area (Å²) >= 11 is 3.56. The summed E-state index contributed by atoms with van der Waals surface area (Å²) in [6.07, 6.45) is 0. The van der Waals surface area contributed by atoms with Crippen molar-refractivity contribution in [1.82, 2.24) is 10.2 Å². The van der Waals surface area contributed by atoms with Crippen LogP contribution in [0.4, 0.5) is 0 Å². The van der Waals surface area contributed by atoms with Crippen LogP contribution >= 0.6 is 15.9 Å². The summed E-state index contributed by atoms with van der Waals surface area (Å²) in [6.45, 7) is 10.3. The van der Waals surface area contributed by atoms with Gasteiger partial charge in [-0.3, -0.25) is 4.90 Å². The van der Waals surface area contributed by atoms with Crippen LogP contribution in [-0.2, 0) is 0 Å². The van der Waals surface area contributed by atoms with Gasteiger partial charge in [-0.15, -0.1) is 0 Å². The Hall–Kier alpha value is -0.380. The van der Waals surface area contributed by atoms with E-state index in [1.807, 2.05) is 0 Å². The summed E-state index contributed by atoms with van der Waals surface area (Å²) in [5.41, 5.74) is 1.40. The van der Waals surface area contributed by atoms with Gasteiger partial charge in [-0.2, -0.15) is 0 Å². The summed E-state index contributed by atoms with van der Waals surface area (Å²) in [7, 11) is 0. The van der Waals surface area contributed by atoms with Crippen molar-refractivity contribution in [2.45, 2.75) is 32.9 Å². The Labute approximate surface area is 119 Å². The Bertz CT molecular complexity index is 392. The second-order valence-corrected chi connectivity index (χ2v) is 6.45. The lowest BCUT2D eigenvalue weighted by Crippen LogP contribution is -2.53. The number of halogens is 1. The third-order valence-corrected chi connectivity index (χ3v) is 4.41. The molecule has 1 aliphatic rings. The highest BCUT2D eigenvalue weighted by Crippen LogP contribution is 2.24. The Morgan fingerprint density at radius 3 is 2.78 bits per heavy atom. The highest BCUT2D eigenvalue weighted by molar-refractivity contribution is 9.10. The maximum Gasteiger partial charge on any atom is 0.0321 e. The molecule has 1 aromatic carbocycles. The molecule has 2 atom stereocenters. The van der Waals surface area contributed by atoms with E-state index in [0.717, 1.165) is 19.6 Å². The van der Waals surface area contributed by atoms with Crippen LogP contribution in [0.15, 0.2) is 28.7 Å². The molecule has 0 aliphatic carbocycles. The topological polar surface area (TPSA) is 15.3 Å². The molecule has 1 aliphatic heterocycles. The number of rotatable bonds is 3. The van der Waals surface area contributed by atoms with E-state index in [1.54, 1.807) is 0 Å². The van der Waals surface area contributed by atoms with Gasteiger partial charge in [-0.1, -0.05) is 41.9 Å². The smallest absolute Gasteiger partial charge is 0.0321 e. The molecular weight excluding hydrogens is 288 g/mol. The second-order valence-electron chi connectivity index (χ2n) is 5.53. The van der Waals surface area contributed by atoms with Crippen molar-refractivity contribution in [2.24, 2.45) is 5.92 Å². The zero-order valence-corrected chi connectivity index (χ0v) is 13.1. The van der Waals surface area contributed by atoms with Crippen LogP contribution in [0.3, 0.4) is 0 Å². The number of benzene rings is 1. The van der Waals surface area contributed by atoms with Crippen molar-refractivity contribution in [3.8, 4) is 0 Å². The van der Waals surface area contributed by atoms with E-state index in [1.165, 1.54) is 10.0 Å². The summed E-state index contributed by atoms with van der Waals surface area (Å²) in [5, 5.41) is 3.62. The van der Waals surface area contributed by atoms with Crippen LogP contribution in [0.5, 0.6) is 0 Å². The molecule has 1 heterocycles. The van der Waals surface area contributed by atoms with E-state index >= 15 is 0 Å². The van der Waals surface area contributed by atoms with Gasteiger partial charge in [0.2, 0.25) is 0 Å². The van der Waals surface area contributed by atoms with Gasteiger partial charge in [-0.05, 0) is 30.5 Å². The monoisotopic (exact) mass is 310 g/mol. The van der Waals surface area contributed by atoms with Crippen LogP contribution in [0.25, 0.3) is 0 Å². The molecule has 0 spiro atoms. The fourth-order valence-electron chi connectivity index (χ4n) is 2.58. The number of hydrogen-bond donors (Lipinski definition) is 1. The van der Waals surface area contributed by atoms with Crippen LogP contribution in [-0.4, -0.2) is 30.6 Å². The van der Waals surface area contributed by atoms with Crippen molar-refractivity contribution >= 4 is 15.9 Å². The number of nitrogens with one attached hydrogen (secondary N) is 1. The third kappa shape index (κ3) is 3.34. The molecule has 100 valence electrons. The average molecular weight is 311 g/mol. The first-order valence-corrected chi connectivity index (χ1v) is 7.60. The van der Waals surface area contributed by atoms with Gasteiger partial charge < -0.3 is 5.32 Å². The molecule has 3 heteroatoms. The summed E-state index contributed by atoms with van der Waals surface area (Å²) in [6, 6.07) is 9.78. The van der Waals surface area contributed by atoms with E-state index in [0.29, 0.717) is 18.0 Å². The summed E-state index contributed by atoms with van der Waals surface area (Å²) < 4.78 is 1.17. The molecule has 0 bridgehead atoms. The zero-order valence-electron chi connectivity index (χ0n) is 11.5. The predicted molar refractivity (Wildman–Crippen MR) is 80.8 cm³/mol. The van der Waals surface area contributed by atoms with Crippen molar-refractivity contribution in [3.05, 3.63) is 34.3 Å². The predicted octanol–water partition coefficient (Wildman–Crippen LogP) is 3.44. The second kappa shape index (κ2) is 6.18. The van der Waals surface area contributed by atoms with Gasteiger partial charge in [0.15, 0.2) is 0 Å². The van der Waals surface area contributed by atoms with Crippen LogP contribution in [0.1, 0.15) is 32.4 Å². The van der Waals surface area contributed by atoms with E-state index in [-0.39, 0.29) is 0 Å². The summed E-state index contributed by atoms with van der Waals surface area (Å²) in [4.78, 5) is 2.59. The van der Waals surface area contributed by atoms with Crippen LogP contribution in [0, 0.1) is 5.92 Å². The quantitative estimate of drug-likeness (QED) is 0.920. The first-order chi connectivity index (χ1) is 8.58. The number of piperazine rings is 1. The molecule has 0 saturated carbocycles. The highest BCUT2D eigenvalue weighted by Gasteiger charge is 2.25. The zero-order chi connectivity index (χ0) is 13.1. The van der Waals surface area contributed by atoms with E-state index in [4.69, 9.17) is 0 Å². The first kappa shape index (κ1) is 14.0. The maximum atomic E-state index is 3.62. The fourth-order valence-corrected chi connectivity index (χ4v) is 2.99. The molecule has 18 heavy (non-hydrogen) atoms. The van der Waals surface area contributed by atoms with Gasteiger partial charge in [0.05, 0.1) is 0 Å². The lowest BCUT2D eigenvalue weighted by molar-refractivity contribution is 0.135. The summed E-state index contributed by atoms with van der Waals surface area (Å²) in [5.74, 6) is 0.697. The van der Waals surface area contributed by atoms with E-state index in [9.17, 15) is 0 Å². The molecule has 0 radical (unpaired) electrons. The molecule has 2 rings (SSSR count). The molecule has 1 fully saturated rings. The Morgan fingerprint density at radius 2 is 2.11 bits per heavy atom. The minimum atomic E-state index is 0.492. The lowest BCUT2D eigenvalue weighted by Gasteiger charge is -2.39. The van der Waals surface area contributed by atoms with Crippen LogP contribution < -0.4 is 5.32 Å². The normalized spacial score (nSPS) is 23.3. The molecular formula is C15H23BrN2. The van der Waals surface area contributed by atoms with Crippen LogP contribution in [0.2, 0.25) is 0 Å². The minimum Gasteiger partial charge on any atom is -0.311 e. The molecule has 2 unspecified atom stereocenters. The first-order valence-electron chi connectivity index (χ1n) is 6.81. The standard InChI is InChI=1S/C15H23BrN2/c1-11(2)15-10-18(8-7-17-15)12(3)13-5-4-6-14(16)9-13/h4-6,9,11-12,15,17H,7-8,10H2,1-3H3. The van der Waals surface area contributed by atoms with E-state index < -0.39 is 0 Å². The molecule has 1 aromatic rings. The van der Waals surface area contributed by atoms with Crippen molar-refractivity contribution in [1.29, 1.82) is 0 Å². The SMILES string of the molecule is CC(C)C1CN(C(C)c2cccc(Br)c2)CCN1. The lowest BCUT2D eigenvalue weighted by atomic mass is 9.99. The van der Waals surface area contributed by atoms with Gasteiger partial charge in [-0.25, -0.2) is 0 Å². The van der Waals surface area contributed by atoms with Gasteiger partial charge in [0.1, 0.15) is 0 Å². The molecule has 1 saturated heterocycles. The number of hydrogen-bond acceptors (Lipinski definition) is 2. The Morgan fingerprint density at radius 1 is 1.33 bits per heavy atom. The molecule has 2 nitrogen and oxygen atoms in total. The molecule has 1 N–H and O–H groups in total. The maximum absolute atomic E-state index is 3.62. The third-order valence-electron chi connectivity index (χ3n) is 3.92. The van der Waals surface area contributed by atoms with Gasteiger partial charge in [0, 0.05) is 36.2 Å². The van der Waals surface area contributed by atoms with Gasteiger partial charge >= 0.3 is 0 Å². The molecule has 0 amide bonds. The molecule has 0 aromatic heterocycles. The Balaban J connectivity index is 2.06. The Kier molecular flexibility index (Phi) is 4.82. The largest absolute Gasteiger partial charge is 0.311 e. The van der Waals surface area contributed by atoms with Crippen molar-refractivity contribution < 1.29 is 0 Å². The fraction of sp³-hybridized carbons (Fsp3) is 0.600. The highest BCUT2D eigenvalue weighted by atomic mass is 79.9.